The zero-order valence-electron chi connectivity index (χ0n) is 15.5. The van der Waals surface area contributed by atoms with Crippen molar-refractivity contribution in [2.75, 3.05) is 28.6 Å². The Bertz CT molecular complexity index is 982. The molecule has 1 aliphatic heterocycles. The predicted octanol–water partition coefficient (Wildman–Crippen LogP) is 4.35. The van der Waals surface area contributed by atoms with Gasteiger partial charge in [0.05, 0.1) is 5.56 Å². The van der Waals surface area contributed by atoms with E-state index in [1.165, 1.54) is 31.3 Å². The Hall–Kier alpha value is -3.55. The first-order valence-electron chi connectivity index (χ1n) is 9.29. The van der Waals surface area contributed by atoms with E-state index in [9.17, 15) is 13.6 Å². The van der Waals surface area contributed by atoms with Gasteiger partial charge in [-0.2, -0.15) is 0 Å². The zero-order valence-corrected chi connectivity index (χ0v) is 15.5. The molecule has 2 heterocycles. The van der Waals surface area contributed by atoms with E-state index in [1.54, 1.807) is 0 Å². The number of hydrogen-bond acceptors (Lipinski definition) is 5. The molecule has 1 amide bonds. The van der Waals surface area contributed by atoms with Gasteiger partial charge in [0, 0.05) is 36.9 Å². The third-order valence-corrected chi connectivity index (χ3v) is 4.71. The molecule has 6 nitrogen and oxygen atoms in total. The number of anilines is 4. The topological polar surface area (TPSA) is 70.2 Å². The van der Waals surface area contributed by atoms with Crippen LogP contribution in [0.2, 0.25) is 0 Å². The van der Waals surface area contributed by atoms with Crippen molar-refractivity contribution in [2.24, 2.45) is 0 Å². The third kappa shape index (κ3) is 4.31. The van der Waals surface area contributed by atoms with Gasteiger partial charge in [-0.25, -0.2) is 18.7 Å². The number of para-hydroxylation sites is 1. The van der Waals surface area contributed by atoms with Crippen LogP contribution in [0.3, 0.4) is 0 Å². The van der Waals surface area contributed by atoms with Gasteiger partial charge in [0.15, 0.2) is 0 Å². The van der Waals surface area contributed by atoms with Crippen molar-refractivity contribution in [3.05, 3.63) is 72.1 Å². The number of carbonyl (C=O) groups is 1. The molecule has 0 unspecified atom stereocenters. The molecule has 1 aromatic heterocycles. The lowest BCUT2D eigenvalue weighted by molar-refractivity contribution is 0.102. The summed E-state index contributed by atoms with van der Waals surface area (Å²) in [5.74, 6) is -1.90. The number of nitrogens with zero attached hydrogens (tertiary/aromatic N) is 3. The van der Waals surface area contributed by atoms with E-state index >= 15 is 0 Å². The predicted molar refractivity (Wildman–Crippen MR) is 108 cm³/mol. The van der Waals surface area contributed by atoms with E-state index in [0.29, 0.717) is 5.69 Å². The van der Waals surface area contributed by atoms with Crippen molar-refractivity contribution < 1.29 is 13.6 Å². The summed E-state index contributed by atoms with van der Waals surface area (Å²) in [6, 6.07) is 11.2. The molecule has 0 aliphatic carbocycles. The molecule has 0 atom stereocenters. The lowest BCUT2D eigenvalue weighted by Crippen LogP contribution is -2.17. The summed E-state index contributed by atoms with van der Waals surface area (Å²) in [5, 5.41) is 5.27. The first-order chi connectivity index (χ1) is 14.1. The van der Waals surface area contributed by atoms with Crippen molar-refractivity contribution in [1.82, 2.24) is 9.97 Å². The highest BCUT2D eigenvalue weighted by Gasteiger charge is 2.14. The fraction of sp³-hybridized carbons (Fsp3) is 0.190. The number of amides is 1. The smallest absolute Gasteiger partial charge is 0.258 e. The van der Waals surface area contributed by atoms with Gasteiger partial charge in [-0.3, -0.25) is 4.79 Å². The highest BCUT2D eigenvalue weighted by Crippen LogP contribution is 2.23. The Balaban J connectivity index is 1.40. The third-order valence-electron chi connectivity index (χ3n) is 4.71. The number of rotatable bonds is 5. The number of nitrogens with one attached hydrogen (secondary N) is 2. The Morgan fingerprint density at radius 1 is 0.931 bits per heavy atom. The molecule has 0 radical (unpaired) electrons. The van der Waals surface area contributed by atoms with Crippen molar-refractivity contribution in [3.8, 4) is 0 Å². The fourth-order valence-corrected chi connectivity index (χ4v) is 3.17. The molecule has 1 aliphatic rings. The lowest BCUT2D eigenvalue weighted by Gasteiger charge is -2.17. The normalized spacial score (nSPS) is 13.4. The molecule has 0 spiro atoms. The number of carbonyl (C=O) groups excluding carboxylic acids is 1. The molecular weight excluding hydrogens is 376 g/mol. The van der Waals surface area contributed by atoms with Crippen molar-refractivity contribution in [2.45, 2.75) is 12.8 Å². The van der Waals surface area contributed by atoms with Crippen LogP contribution in [-0.4, -0.2) is 29.0 Å². The first kappa shape index (κ1) is 18.8. The maximum absolute atomic E-state index is 13.7. The Labute approximate surface area is 166 Å². The van der Waals surface area contributed by atoms with E-state index in [4.69, 9.17) is 0 Å². The van der Waals surface area contributed by atoms with E-state index in [2.05, 4.69) is 25.5 Å². The summed E-state index contributed by atoms with van der Waals surface area (Å²) >= 11 is 0. The second kappa shape index (κ2) is 8.22. The van der Waals surface area contributed by atoms with Gasteiger partial charge in [0.2, 0.25) is 5.95 Å². The maximum Gasteiger partial charge on any atom is 0.258 e. The van der Waals surface area contributed by atoms with E-state index < -0.39 is 11.6 Å². The molecule has 2 aromatic carbocycles. The number of halogens is 2. The van der Waals surface area contributed by atoms with Crippen LogP contribution in [0.15, 0.2) is 54.9 Å². The molecule has 2 N–H and O–H groups in total. The number of hydrogen-bond donors (Lipinski definition) is 2. The minimum Gasteiger partial charge on any atom is -0.372 e. The summed E-state index contributed by atoms with van der Waals surface area (Å²) in [6.07, 6.45) is 4.99. The molecule has 0 bridgehead atoms. The molecule has 3 aromatic rings. The average Bonchev–Trinajstić information content (AvgIpc) is 3.27. The summed E-state index contributed by atoms with van der Waals surface area (Å²) in [6.45, 7) is 2.11. The first-order valence-corrected chi connectivity index (χ1v) is 9.29. The van der Waals surface area contributed by atoms with E-state index in [-0.39, 0.29) is 23.1 Å². The monoisotopic (exact) mass is 395 g/mol. The van der Waals surface area contributed by atoms with Crippen LogP contribution < -0.4 is 15.5 Å². The highest BCUT2D eigenvalue weighted by atomic mass is 19.1. The molecular formula is C21H19F2N5O. The molecule has 1 fully saturated rings. The number of benzene rings is 2. The van der Waals surface area contributed by atoms with Crippen LogP contribution >= 0.6 is 0 Å². The van der Waals surface area contributed by atoms with Gasteiger partial charge in [-0.1, -0.05) is 6.07 Å². The van der Waals surface area contributed by atoms with Crippen molar-refractivity contribution in [3.63, 3.8) is 0 Å². The average molecular weight is 395 g/mol. The SMILES string of the molecule is O=C(Nc1ccc(N2CCCC2)cc1)c1cnc(Nc2c(F)cccc2F)nc1. The van der Waals surface area contributed by atoms with Gasteiger partial charge in [-0.05, 0) is 49.2 Å². The summed E-state index contributed by atoms with van der Waals surface area (Å²) in [5.41, 5.74) is 1.68. The van der Waals surface area contributed by atoms with E-state index in [0.717, 1.165) is 30.9 Å². The summed E-state index contributed by atoms with van der Waals surface area (Å²) in [7, 11) is 0. The molecule has 8 heteroatoms. The highest BCUT2D eigenvalue weighted by molar-refractivity contribution is 6.04. The Kier molecular flexibility index (Phi) is 5.33. The largest absolute Gasteiger partial charge is 0.372 e. The molecule has 148 valence electrons. The lowest BCUT2D eigenvalue weighted by atomic mass is 10.2. The molecule has 4 rings (SSSR count). The van der Waals surface area contributed by atoms with Gasteiger partial charge in [0.25, 0.3) is 5.91 Å². The van der Waals surface area contributed by atoms with Crippen LogP contribution in [0.4, 0.5) is 31.8 Å². The fourth-order valence-electron chi connectivity index (χ4n) is 3.17. The number of aromatic nitrogens is 2. The maximum atomic E-state index is 13.7. The summed E-state index contributed by atoms with van der Waals surface area (Å²) in [4.78, 5) is 22.6. The zero-order chi connectivity index (χ0) is 20.2. The van der Waals surface area contributed by atoms with Crippen LogP contribution in [0.1, 0.15) is 23.2 Å². The van der Waals surface area contributed by atoms with Crippen LogP contribution in [0, 0.1) is 11.6 Å². The minimum atomic E-state index is -0.757. The standard InChI is InChI=1S/C21H19F2N5O/c22-17-4-3-5-18(23)19(17)27-21-24-12-14(13-25-21)20(29)26-15-6-8-16(9-7-15)28-10-1-2-11-28/h3-9,12-13H,1-2,10-11H2,(H,26,29)(H,24,25,27). The summed E-state index contributed by atoms with van der Waals surface area (Å²) < 4.78 is 27.4. The molecule has 1 saturated heterocycles. The molecule has 29 heavy (non-hydrogen) atoms. The van der Waals surface area contributed by atoms with E-state index in [1.807, 2.05) is 24.3 Å². The van der Waals surface area contributed by atoms with Gasteiger partial charge in [0.1, 0.15) is 17.3 Å². The Morgan fingerprint density at radius 3 is 2.17 bits per heavy atom. The van der Waals surface area contributed by atoms with Crippen molar-refractivity contribution in [1.29, 1.82) is 0 Å². The quantitative estimate of drug-likeness (QED) is 0.672. The van der Waals surface area contributed by atoms with Crippen LogP contribution in [-0.2, 0) is 0 Å². The van der Waals surface area contributed by atoms with Crippen molar-refractivity contribution >= 4 is 28.9 Å². The second-order valence-corrected chi connectivity index (χ2v) is 6.71. The van der Waals surface area contributed by atoms with Gasteiger partial charge < -0.3 is 15.5 Å². The van der Waals surface area contributed by atoms with Gasteiger partial charge in [-0.15, -0.1) is 0 Å². The minimum absolute atomic E-state index is 0.0134. The molecule has 0 saturated carbocycles. The van der Waals surface area contributed by atoms with Crippen LogP contribution in [0.5, 0.6) is 0 Å². The van der Waals surface area contributed by atoms with Gasteiger partial charge >= 0.3 is 0 Å². The van der Waals surface area contributed by atoms with Crippen LogP contribution in [0.25, 0.3) is 0 Å². The Morgan fingerprint density at radius 2 is 1.55 bits per heavy atom. The second-order valence-electron chi connectivity index (χ2n) is 6.71.